The molecule has 0 aromatic rings. The molecule has 5 heteroatoms. The zero-order valence-electron chi connectivity index (χ0n) is 10.4. The predicted molar refractivity (Wildman–Crippen MR) is 57.3 cm³/mol. The van der Waals surface area contributed by atoms with Crippen molar-refractivity contribution in [2.24, 2.45) is 11.8 Å². The highest BCUT2D eigenvalue weighted by Gasteiger charge is 2.26. The number of aliphatic hydroxyl groups is 1. The quantitative estimate of drug-likeness (QED) is 0.567. The van der Waals surface area contributed by atoms with Crippen molar-refractivity contribution in [1.82, 2.24) is 0 Å². The van der Waals surface area contributed by atoms with Gasteiger partial charge in [-0.1, -0.05) is 27.7 Å². The molecule has 16 heavy (non-hydrogen) atoms. The van der Waals surface area contributed by atoms with Gasteiger partial charge in [-0.05, 0) is 6.92 Å². The number of esters is 2. The van der Waals surface area contributed by atoms with Gasteiger partial charge in [0.1, 0.15) is 6.10 Å². The first kappa shape index (κ1) is 14.9. The Morgan fingerprint density at radius 1 is 0.875 bits per heavy atom. The smallest absolute Gasteiger partial charge is 0.311 e. The van der Waals surface area contributed by atoms with Crippen LogP contribution in [0.1, 0.15) is 34.6 Å². The van der Waals surface area contributed by atoms with Crippen molar-refractivity contribution in [3.63, 3.8) is 0 Å². The van der Waals surface area contributed by atoms with Crippen LogP contribution in [0.5, 0.6) is 0 Å². The highest BCUT2D eigenvalue weighted by atomic mass is 16.7. The van der Waals surface area contributed by atoms with Gasteiger partial charge in [0.25, 0.3) is 6.29 Å². The first-order valence-electron chi connectivity index (χ1n) is 5.34. The Hall–Kier alpha value is -1.10. The van der Waals surface area contributed by atoms with E-state index < -0.39 is 24.3 Å². The van der Waals surface area contributed by atoms with Gasteiger partial charge in [-0.2, -0.15) is 0 Å². The van der Waals surface area contributed by atoms with Crippen LogP contribution in [0, 0.1) is 11.8 Å². The molecule has 0 heterocycles. The van der Waals surface area contributed by atoms with E-state index in [1.807, 2.05) is 0 Å². The van der Waals surface area contributed by atoms with Crippen LogP contribution in [0.15, 0.2) is 0 Å². The summed E-state index contributed by atoms with van der Waals surface area (Å²) in [5, 5.41) is 9.32. The third-order valence-electron chi connectivity index (χ3n) is 1.80. The third-order valence-corrected chi connectivity index (χ3v) is 1.80. The Morgan fingerprint density at radius 2 is 1.19 bits per heavy atom. The first-order chi connectivity index (χ1) is 7.25. The molecule has 1 unspecified atom stereocenters. The summed E-state index contributed by atoms with van der Waals surface area (Å²) in [5.41, 5.74) is 0. The molecule has 0 radical (unpaired) electrons. The summed E-state index contributed by atoms with van der Waals surface area (Å²) >= 11 is 0. The molecular formula is C11H20O5. The predicted octanol–water partition coefficient (Wildman–Crippen LogP) is 1.09. The molecule has 1 N–H and O–H groups in total. The van der Waals surface area contributed by atoms with E-state index in [-0.39, 0.29) is 11.8 Å². The fourth-order valence-electron chi connectivity index (χ4n) is 0.722. The number of hydrogen-bond acceptors (Lipinski definition) is 5. The molecule has 0 saturated heterocycles. The Morgan fingerprint density at radius 3 is 1.38 bits per heavy atom. The van der Waals surface area contributed by atoms with Crippen molar-refractivity contribution >= 4 is 11.9 Å². The molecule has 1 atom stereocenters. The second kappa shape index (κ2) is 6.48. The fraction of sp³-hybridized carbons (Fsp3) is 0.818. The van der Waals surface area contributed by atoms with Crippen LogP contribution < -0.4 is 0 Å². The summed E-state index contributed by atoms with van der Waals surface area (Å²) in [6.07, 6.45) is -2.28. The molecule has 0 bridgehead atoms. The van der Waals surface area contributed by atoms with E-state index in [9.17, 15) is 14.7 Å². The Balaban J connectivity index is 4.40. The normalized spacial score (nSPS) is 13.1. The van der Waals surface area contributed by atoms with E-state index in [2.05, 4.69) is 0 Å². The number of ether oxygens (including phenoxy) is 2. The maximum absolute atomic E-state index is 11.3. The second-order valence-electron chi connectivity index (χ2n) is 4.29. The van der Waals surface area contributed by atoms with Gasteiger partial charge in [0.15, 0.2) is 0 Å². The van der Waals surface area contributed by atoms with Gasteiger partial charge >= 0.3 is 11.9 Å². The highest BCUT2D eigenvalue weighted by molar-refractivity contribution is 5.73. The van der Waals surface area contributed by atoms with Crippen molar-refractivity contribution in [3.05, 3.63) is 0 Å². The van der Waals surface area contributed by atoms with Crippen molar-refractivity contribution in [2.45, 2.75) is 47.0 Å². The van der Waals surface area contributed by atoms with E-state index in [1.54, 1.807) is 27.7 Å². The van der Waals surface area contributed by atoms with Crippen molar-refractivity contribution in [1.29, 1.82) is 0 Å². The van der Waals surface area contributed by atoms with Gasteiger partial charge < -0.3 is 14.6 Å². The van der Waals surface area contributed by atoms with E-state index >= 15 is 0 Å². The molecule has 5 nitrogen and oxygen atoms in total. The van der Waals surface area contributed by atoms with Crippen LogP contribution in [0.25, 0.3) is 0 Å². The lowest BCUT2D eigenvalue weighted by molar-refractivity contribution is -0.209. The van der Waals surface area contributed by atoms with Crippen LogP contribution in [0.4, 0.5) is 0 Å². The number of rotatable bonds is 5. The van der Waals surface area contributed by atoms with Crippen LogP contribution >= 0.6 is 0 Å². The minimum Gasteiger partial charge on any atom is -0.422 e. The molecule has 0 aliphatic carbocycles. The molecule has 0 aliphatic heterocycles. The molecule has 94 valence electrons. The average molecular weight is 232 g/mol. The van der Waals surface area contributed by atoms with Crippen molar-refractivity contribution in [3.8, 4) is 0 Å². The van der Waals surface area contributed by atoms with Gasteiger partial charge in [-0.25, -0.2) is 0 Å². The van der Waals surface area contributed by atoms with Crippen LogP contribution in [-0.4, -0.2) is 29.4 Å². The largest absolute Gasteiger partial charge is 0.422 e. The molecule has 0 aliphatic rings. The standard InChI is InChI=1S/C11H20O5/c1-6(2)9(13)15-11(8(5)12)16-10(14)7(3)4/h6-8,11-12H,1-5H3. The lowest BCUT2D eigenvalue weighted by atomic mass is 10.2. The van der Waals surface area contributed by atoms with E-state index in [0.29, 0.717) is 0 Å². The summed E-state index contributed by atoms with van der Waals surface area (Å²) in [6, 6.07) is 0. The fourth-order valence-corrected chi connectivity index (χ4v) is 0.722. The van der Waals surface area contributed by atoms with E-state index in [0.717, 1.165) is 0 Å². The maximum Gasteiger partial charge on any atom is 0.311 e. The highest BCUT2D eigenvalue weighted by Crippen LogP contribution is 2.09. The van der Waals surface area contributed by atoms with Gasteiger partial charge in [-0.15, -0.1) is 0 Å². The Bertz CT molecular complexity index is 223. The number of carbonyl (C=O) groups excluding carboxylic acids is 2. The summed E-state index contributed by atoms with van der Waals surface area (Å²) in [5.74, 6) is -1.69. The lowest BCUT2D eigenvalue weighted by Crippen LogP contribution is -2.36. The monoisotopic (exact) mass is 232 g/mol. The van der Waals surface area contributed by atoms with Crippen LogP contribution in [0.2, 0.25) is 0 Å². The maximum atomic E-state index is 11.3. The van der Waals surface area contributed by atoms with Crippen LogP contribution in [0.3, 0.4) is 0 Å². The van der Waals surface area contributed by atoms with Crippen molar-refractivity contribution < 1.29 is 24.2 Å². The second-order valence-corrected chi connectivity index (χ2v) is 4.29. The molecular weight excluding hydrogens is 212 g/mol. The van der Waals surface area contributed by atoms with Gasteiger partial charge in [-0.3, -0.25) is 9.59 Å². The third kappa shape index (κ3) is 5.11. The van der Waals surface area contributed by atoms with Crippen molar-refractivity contribution in [2.75, 3.05) is 0 Å². The first-order valence-corrected chi connectivity index (χ1v) is 5.34. The molecule has 0 saturated carbocycles. The molecule has 0 rings (SSSR count). The van der Waals surface area contributed by atoms with Gasteiger partial charge in [0.05, 0.1) is 11.8 Å². The summed E-state index contributed by atoms with van der Waals surface area (Å²) < 4.78 is 9.72. The molecule has 0 aromatic carbocycles. The number of hydrogen-bond donors (Lipinski definition) is 1. The molecule has 0 amide bonds. The summed E-state index contributed by atoms with van der Waals surface area (Å²) in [4.78, 5) is 22.6. The van der Waals surface area contributed by atoms with Gasteiger partial charge in [0.2, 0.25) is 0 Å². The Kier molecular flexibility index (Phi) is 6.03. The molecule has 0 aromatic heterocycles. The van der Waals surface area contributed by atoms with Gasteiger partial charge in [0, 0.05) is 0 Å². The lowest BCUT2D eigenvalue weighted by Gasteiger charge is -2.22. The average Bonchev–Trinajstić information content (AvgIpc) is 2.15. The number of aliphatic hydroxyl groups excluding tert-OH is 1. The molecule has 0 fully saturated rings. The zero-order chi connectivity index (χ0) is 12.9. The SMILES string of the molecule is CC(C)C(=O)OC(OC(=O)C(C)C)C(C)O. The number of carbonyl (C=O) groups is 2. The minimum absolute atomic E-state index is 0.334. The molecule has 0 spiro atoms. The minimum atomic E-state index is -1.23. The Labute approximate surface area is 95.7 Å². The van der Waals surface area contributed by atoms with E-state index in [4.69, 9.17) is 9.47 Å². The summed E-state index contributed by atoms with van der Waals surface area (Å²) in [7, 11) is 0. The topological polar surface area (TPSA) is 72.8 Å². The van der Waals surface area contributed by atoms with Crippen LogP contribution in [-0.2, 0) is 19.1 Å². The summed E-state index contributed by atoms with van der Waals surface area (Å²) in [6.45, 7) is 8.03. The van der Waals surface area contributed by atoms with E-state index in [1.165, 1.54) is 6.92 Å². The zero-order valence-corrected chi connectivity index (χ0v) is 10.4.